The van der Waals surface area contributed by atoms with Crippen LogP contribution in [0.2, 0.25) is 0 Å². The third-order valence-corrected chi connectivity index (χ3v) is 3.96. The highest BCUT2D eigenvalue weighted by atomic mass is 16.5. The molecular weight excluding hydrogens is 232 g/mol. The van der Waals surface area contributed by atoms with E-state index in [9.17, 15) is 9.59 Å². The lowest BCUT2D eigenvalue weighted by atomic mass is 9.98. The first-order valence-electron chi connectivity index (χ1n) is 7.04. The van der Waals surface area contributed by atoms with Crippen LogP contribution in [0.25, 0.3) is 0 Å². The third-order valence-electron chi connectivity index (χ3n) is 3.96. The fourth-order valence-corrected chi connectivity index (χ4v) is 3.05. The molecular formula is C14H22O4. The smallest absolute Gasteiger partial charge is 0.306 e. The summed E-state index contributed by atoms with van der Waals surface area (Å²) >= 11 is 0. The standard InChI is InChI=1S/C14H22O4/c1-2-7-17-13(15)5-6-14(16)18-12-9-10-3-4-11(12)8-10/h10-12H,2-9H2,1H3. The largest absolute Gasteiger partial charge is 0.466 e. The van der Waals surface area contributed by atoms with Crippen molar-refractivity contribution in [2.45, 2.75) is 58.0 Å². The fraction of sp³-hybridized carbons (Fsp3) is 0.857. The van der Waals surface area contributed by atoms with E-state index in [-0.39, 0.29) is 30.9 Å². The summed E-state index contributed by atoms with van der Waals surface area (Å²) in [6.07, 6.45) is 5.94. The highest BCUT2D eigenvalue weighted by Crippen LogP contribution is 2.45. The van der Waals surface area contributed by atoms with Gasteiger partial charge >= 0.3 is 11.9 Å². The van der Waals surface area contributed by atoms with E-state index >= 15 is 0 Å². The summed E-state index contributed by atoms with van der Waals surface area (Å²) in [7, 11) is 0. The Bertz CT molecular complexity index is 313. The molecule has 0 saturated heterocycles. The summed E-state index contributed by atoms with van der Waals surface area (Å²) in [6, 6.07) is 0. The topological polar surface area (TPSA) is 52.6 Å². The third kappa shape index (κ3) is 3.47. The molecule has 0 N–H and O–H groups in total. The minimum Gasteiger partial charge on any atom is -0.466 e. The summed E-state index contributed by atoms with van der Waals surface area (Å²) in [5.74, 6) is 0.788. The Labute approximate surface area is 108 Å². The molecule has 2 bridgehead atoms. The van der Waals surface area contributed by atoms with Crippen molar-refractivity contribution in [3.8, 4) is 0 Å². The molecule has 0 aromatic heterocycles. The molecule has 3 unspecified atom stereocenters. The molecule has 0 amide bonds. The summed E-state index contributed by atoms with van der Waals surface area (Å²) < 4.78 is 10.4. The summed E-state index contributed by atoms with van der Waals surface area (Å²) in [5, 5.41) is 0. The van der Waals surface area contributed by atoms with Gasteiger partial charge in [0.1, 0.15) is 6.10 Å². The van der Waals surface area contributed by atoms with Crippen LogP contribution in [0, 0.1) is 11.8 Å². The number of esters is 2. The second kappa shape index (κ2) is 6.21. The number of hydrogen-bond acceptors (Lipinski definition) is 4. The average molecular weight is 254 g/mol. The van der Waals surface area contributed by atoms with Crippen LogP contribution in [-0.4, -0.2) is 24.6 Å². The van der Waals surface area contributed by atoms with Crippen molar-refractivity contribution in [1.29, 1.82) is 0 Å². The van der Waals surface area contributed by atoms with Crippen LogP contribution in [0.15, 0.2) is 0 Å². The molecule has 2 aliphatic carbocycles. The van der Waals surface area contributed by atoms with Crippen LogP contribution in [0.4, 0.5) is 0 Å². The molecule has 18 heavy (non-hydrogen) atoms. The van der Waals surface area contributed by atoms with Gasteiger partial charge in [0, 0.05) is 0 Å². The van der Waals surface area contributed by atoms with Gasteiger partial charge in [-0.3, -0.25) is 9.59 Å². The van der Waals surface area contributed by atoms with Gasteiger partial charge in [0.25, 0.3) is 0 Å². The van der Waals surface area contributed by atoms with Crippen LogP contribution in [-0.2, 0) is 19.1 Å². The van der Waals surface area contributed by atoms with Gasteiger partial charge in [-0.25, -0.2) is 0 Å². The maximum Gasteiger partial charge on any atom is 0.306 e. The van der Waals surface area contributed by atoms with Crippen LogP contribution in [0.1, 0.15) is 51.9 Å². The minimum absolute atomic E-state index is 0.114. The molecule has 102 valence electrons. The predicted octanol–water partition coefficient (Wildman–Crippen LogP) is 2.45. The Hall–Kier alpha value is -1.06. The van der Waals surface area contributed by atoms with E-state index < -0.39 is 0 Å². The second-order valence-corrected chi connectivity index (χ2v) is 5.42. The molecule has 0 aliphatic heterocycles. The predicted molar refractivity (Wildman–Crippen MR) is 65.8 cm³/mol. The van der Waals surface area contributed by atoms with Crippen LogP contribution >= 0.6 is 0 Å². The Morgan fingerprint density at radius 2 is 1.89 bits per heavy atom. The Kier molecular flexibility index (Phi) is 4.61. The molecule has 2 fully saturated rings. The van der Waals surface area contributed by atoms with Gasteiger partial charge in [-0.05, 0) is 43.9 Å². The summed E-state index contributed by atoms with van der Waals surface area (Å²) in [4.78, 5) is 22.9. The van der Waals surface area contributed by atoms with Crippen molar-refractivity contribution in [3.05, 3.63) is 0 Å². The fourth-order valence-electron chi connectivity index (χ4n) is 3.05. The molecule has 4 nitrogen and oxygen atoms in total. The number of fused-ring (bicyclic) bond motifs is 2. The van der Waals surface area contributed by atoms with E-state index in [1.165, 1.54) is 19.3 Å². The number of carbonyl (C=O) groups is 2. The molecule has 3 atom stereocenters. The average Bonchev–Trinajstić information content (AvgIpc) is 2.96. The highest BCUT2D eigenvalue weighted by molar-refractivity contribution is 5.77. The molecule has 0 heterocycles. The number of carbonyl (C=O) groups excluding carboxylic acids is 2. The second-order valence-electron chi connectivity index (χ2n) is 5.42. The van der Waals surface area contributed by atoms with E-state index in [2.05, 4.69) is 0 Å². The first kappa shape index (κ1) is 13.4. The van der Waals surface area contributed by atoms with Gasteiger partial charge in [0.15, 0.2) is 0 Å². The van der Waals surface area contributed by atoms with E-state index in [0.717, 1.165) is 18.8 Å². The van der Waals surface area contributed by atoms with E-state index in [0.29, 0.717) is 12.5 Å². The van der Waals surface area contributed by atoms with Gasteiger partial charge in [-0.1, -0.05) is 6.92 Å². The Morgan fingerprint density at radius 1 is 1.11 bits per heavy atom. The molecule has 0 aromatic carbocycles. The van der Waals surface area contributed by atoms with E-state index in [1.807, 2.05) is 6.92 Å². The van der Waals surface area contributed by atoms with E-state index in [1.54, 1.807) is 0 Å². The van der Waals surface area contributed by atoms with Crippen molar-refractivity contribution >= 4 is 11.9 Å². The van der Waals surface area contributed by atoms with Gasteiger partial charge in [-0.15, -0.1) is 0 Å². The molecule has 0 spiro atoms. The SMILES string of the molecule is CCCOC(=O)CCC(=O)OC1CC2CCC1C2. The molecule has 0 radical (unpaired) electrons. The number of hydrogen-bond donors (Lipinski definition) is 0. The van der Waals surface area contributed by atoms with Gasteiger partial charge in [0.05, 0.1) is 19.4 Å². The molecule has 2 rings (SSSR count). The van der Waals surface area contributed by atoms with Crippen molar-refractivity contribution in [3.63, 3.8) is 0 Å². The van der Waals surface area contributed by atoms with Crippen molar-refractivity contribution in [1.82, 2.24) is 0 Å². The number of ether oxygens (including phenoxy) is 2. The minimum atomic E-state index is -0.304. The van der Waals surface area contributed by atoms with Crippen molar-refractivity contribution < 1.29 is 19.1 Å². The Balaban J connectivity index is 1.62. The zero-order chi connectivity index (χ0) is 13.0. The van der Waals surface area contributed by atoms with Gasteiger partial charge in [0.2, 0.25) is 0 Å². The van der Waals surface area contributed by atoms with Crippen molar-refractivity contribution in [2.24, 2.45) is 11.8 Å². The van der Waals surface area contributed by atoms with E-state index in [4.69, 9.17) is 9.47 Å². The maximum atomic E-state index is 11.6. The zero-order valence-corrected chi connectivity index (χ0v) is 11.0. The lowest BCUT2D eigenvalue weighted by molar-refractivity contribution is -0.155. The van der Waals surface area contributed by atoms with Gasteiger partial charge < -0.3 is 9.47 Å². The summed E-state index contributed by atoms with van der Waals surface area (Å²) in [6.45, 7) is 2.37. The van der Waals surface area contributed by atoms with Crippen LogP contribution < -0.4 is 0 Å². The maximum absolute atomic E-state index is 11.6. The quantitative estimate of drug-likeness (QED) is 0.683. The monoisotopic (exact) mass is 254 g/mol. The lowest BCUT2D eigenvalue weighted by Crippen LogP contribution is -2.24. The zero-order valence-electron chi connectivity index (χ0n) is 11.0. The van der Waals surface area contributed by atoms with Crippen molar-refractivity contribution in [2.75, 3.05) is 6.61 Å². The molecule has 2 aliphatic rings. The number of rotatable bonds is 6. The van der Waals surface area contributed by atoms with Gasteiger partial charge in [-0.2, -0.15) is 0 Å². The molecule has 4 heteroatoms. The lowest BCUT2D eigenvalue weighted by Gasteiger charge is -2.21. The summed E-state index contributed by atoms with van der Waals surface area (Å²) in [5.41, 5.74) is 0. The highest BCUT2D eigenvalue weighted by Gasteiger charge is 2.41. The first-order chi connectivity index (χ1) is 8.69. The molecule has 0 aromatic rings. The van der Waals surface area contributed by atoms with Crippen LogP contribution in [0.5, 0.6) is 0 Å². The molecule has 2 saturated carbocycles. The Morgan fingerprint density at radius 3 is 2.50 bits per heavy atom. The normalized spacial score (nSPS) is 29.3. The first-order valence-corrected chi connectivity index (χ1v) is 7.04. The van der Waals surface area contributed by atoms with Crippen LogP contribution in [0.3, 0.4) is 0 Å².